The molecule has 0 atom stereocenters. The highest BCUT2D eigenvalue weighted by Crippen LogP contribution is 2.10. The Bertz CT molecular complexity index is 113. The Labute approximate surface area is 88.1 Å². The zero-order chi connectivity index (χ0) is 10.2. The first kappa shape index (κ1) is 13.3. The average Bonchev–Trinajstić information content (AvgIpc) is 2.04. The summed E-state index contributed by atoms with van der Waals surface area (Å²) < 4.78 is 0. The normalized spacial score (nSPS) is 12.0. The molecule has 0 aliphatic rings. The first-order valence-electron chi connectivity index (χ1n) is 5.45. The molecule has 0 saturated carbocycles. The van der Waals surface area contributed by atoms with Crippen molar-refractivity contribution in [3.8, 4) is 0 Å². The van der Waals surface area contributed by atoms with Crippen LogP contribution in [0.3, 0.4) is 0 Å². The summed E-state index contributed by atoms with van der Waals surface area (Å²) in [6.07, 6.45) is 3.84. The average molecular weight is 203 g/mol. The minimum Gasteiger partial charge on any atom is -0.312 e. The molecule has 2 heteroatoms. The zero-order valence-electron chi connectivity index (χ0n) is 9.65. The predicted octanol–water partition coefficient (Wildman–Crippen LogP) is 3.30. The van der Waals surface area contributed by atoms with Gasteiger partial charge in [0.1, 0.15) is 0 Å². The fourth-order valence-corrected chi connectivity index (χ4v) is 2.10. The standard InChI is InChI=1S/C11H25NS/c1-5-8-11(3,4)12-9-7-10-13-6-2/h12H,5-10H2,1-4H3. The van der Waals surface area contributed by atoms with Crippen molar-refractivity contribution in [1.29, 1.82) is 0 Å². The third-order valence-corrected chi connectivity index (χ3v) is 3.13. The Morgan fingerprint density at radius 3 is 2.46 bits per heavy atom. The van der Waals surface area contributed by atoms with E-state index in [-0.39, 0.29) is 0 Å². The lowest BCUT2D eigenvalue weighted by atomic mass is 9.99. The number of nitrogens with one attached hydrogen (secondary N) is 1. The highest BCUT2D eigenvalue weighted by molar-refractivity contribution is 7.99. The molecule has 0 spiro atoms. The molecule has 0 fully saturated rings. The van der Waals surface area contributed by atoms with Gasteiger partial charge >= 0.3 is 0 Å². The molecule has 0 saturated heterocycles. The highest BCUT2D eigenvalue weighted by atomic mass is 32.2. The van der Waals surface area contributed by atoms with Crippen molar-refractivity contribution in [3.63, 3.8) is 0 Å². The minimum absolute atomic E-state index is 0.339. The van der Waals surface area contributed by atoms with Gasteiger partial charge in [-0.2, -0.15) is 11.8 Å². The van der Waals surface area contributed by atoms with E-state index in [1.165, 1.54) is 37.3 Å². The van der Waals surface area contributed by atoms with Gasteiger partial charge < -0.3 is 5.32 Å². The van der Waals surface area contributed by atoms with E-state index in [9.17, 15) is 0 Å². The van der Waals surface area contributed by atoms with E-state index in [4.69, 9.17) is 0 Å². The van der Waals surface area contributed by atoms with Crippen LogP contribution in [0.25, 0.3) is 0 Å². The quantitative estimate of drug-likeness (QED) is 0.608. The molecule has 1 N–H and O–H groups in total. The van der Waals surface area contributed by atoms with Gasteiger partial charge in [0.2, 0.25) is 0 Å². The van der Waals surface area contributed by atoms with E-state index in [0.29, 0.717) is 5.54 Å². The molecule has 0 radical (unpaired) electrons. The number of hydrogen-bond donors (Lipinski definition) is 1. The van der Waals surface area contributed by atoms with Gasteiger partial charge in [0.25, 0.3) is 0 Å². The second-order valence-electron chi connectivity index (χ2n) is 4.11. The Morgan fingerprint density at radius 2 is 1.92 bits per heavy atom. The van der Waals surface area contributed by atoms with E-state index >= 15 is 0 Å². The molecule has 0 bridgehead atoms. The molecule has 0 aliphatic heterocycles. The number of hydrogen-bond acceptors (Lipinski definition) is 2. The highest BCUT2D eigenvalue weighted by Gasteiger charge is 2.13. The van der Waals surface area contributed by atoms with Gasteiger partial charge in [-0.05, 0) is 44.7 Å². The van der Waals surface area contributed by atoms with Gasteiger partial charge in [-0.15, -0.1) is 0 Å². The van der Waals surface area contributed by atoms with Gasteiger partial charge in [0.15, 0.2) is 0 Å². The van der Waals surface area contributed by atoms with Crippen LogP contribution in [0.15, 0.2) is 0 Å². The molecule has 13 heavy (non-hydrogen) atoms. The summed E-state index contributed by atoms with van der Waals surface area (Å²) in [5.41, 5.74) is 0.339. The van der Waals surface area contributed by atoms with E-state index in [0.717, 1.165) is 0 Å². The van der Waals surface area contributed by atoms with Crippen molar-refractivity contribution in [3.05, 3.63) is 0 Å². The molecule has 1 nitrogen and oxygen atoms in total. The maximum Gasteiger partial charge on any atom is 0.0125 e. The fourth-order valence-electron chi connectivity index (χ4n) is 1.46. The largest absolute Gasteiger partial charge is 0.312 e. The molecule has 0 aromatic heterocycles. The first-order chi connectivity index (χ1) is 6.12. The molecule has 80 valence electrons. The van der Waals surface area contributed by atoms with E-state index in [1.54, 1.807) is 0 Å². The summed E-state index contributed by atoms with van der Waals surface area (Å²) >= 11 is 2.03. The first-order valence-corrected chi connectivity index (χ1v) is 6.60. The molecule has 0 aliphatic carbocycles. The van der Waals surface area contributed by atoms with Crippen LogP contribution in [0.5, 0.6) is 0 Å². The maximum absolute atomic E-state index is 3.61. The van der Waals surface area contributed by atoms with Crippen molar-refractivity contribution >= 4 is 11.8 Å². The number of thioether (sulfide) groups is 1. The third-order valence-electron chi connectivity index (χ3n) is 2.15. The van der Waals surface area contributed by atoms with Gasteiger partial charge in [0.05, 0.1) is 0 Å². The molecule has 0 heterocycles. The van der Waals surface area contributed by atoms with Crippen molar-refractivity contribution in [1.82, 2.24) is 5.32 Å². The lowest BCUT2D eigenvalue weighted by Gasteiger charge is -2.25. The van der Waals surface area contributed by atoms with Gasteiger partial charge in [0, 0.05) is 5.54 Å². The summed E-state index contributed by atoms with van der Waals surface area (Å²) in [5, 5.41) is 3.61. The van der Waals surface area contributed by atoms with Crippen molar-refractivity contribution < 1.29 is 0 Å². The summed E-state index contributed by atoms with van der Waals surface area (Å²) in [4.78, 5) is 0. The third kappa shape index (κ3) is 8.63. The van der Waals surface area contributed by atoms with Crippen LogP contribution in [0.2, 0.25) is 0 Å². The van der Waals surface area contributed by atoms with Gasteiger partial charge in [-0.25, -0.2) is 0 Å². The van der Waals surface area contributed by atoms with E-state index in [2.05, 4.69) is 33.0 Å². The molecule has 0 aromatic rings. The molecular formula is C11H25NS. The summed E-state index contributed by atoms with van der Waals surface area (Å²) in [6.45, 7) is 10.2. The Balaban J connectivity index is 3.29. The molecular weight excluding hydrogens is 178 g/mol. The SMILES string of the molecule is CCCC(C)(C)NCCCSCC. The van der Waals surface area contributed by atoms with Crippen LogP contribution < -0.4 is 5.32 Å². The fraction of sp³-hybridized carbons (Fsp3) is 1.00. The summed E-state index contributed by atoms with van der Waals surface area (Å²) in [5.74, 6) is 2.55. The van der Waals surface area contributed by atoms with E-state index in [1.807, 2.05) is 11.8 Å². The maximum atomic E-state index is 3.61. The van der Waals surface area contributed by atoms with Gasteiger partial charge in [-0.1, -0.05) is 20.3 Å². The lowest BCUT2D eigenvalue weighted by Crippen LogP contribution is -2.39. The predicted molar refractivity (Wildman–Crippen MR) is 64.6 cm³/mol. The second-order valence-corrected chi connectivity index (χ2v) is 5.50. The van der Waals surface area contributed by atoms with Crippen LogP contribution in [0.4, 0.5) is 0 Å². The minimum atomic E-state index is 0.339. The molecule has 0 rings (SSSR count). The lowest BCUT2D eigenvalue weighted by molar-refractivity contribution is 0.360. The number of rotatable bonds is 8. The van der Waals surface area contributed by atoms with Crippen molar-refractivity contribution in [2.24, 2.45) is 0 Å². The summed E-state index contributed by atoms with van der Waals surface area (Å²) in [7, 11) is 0. The monoisotopic (exact) mass is 203 g/mol. The van der Waals surface area contributed by atoms with Crippen LogP contribution in [-0.4, -0.2) is 23.6 Å². The van der Waals surface area contributed by atoms with Crippen molar-refractivity contribution in [2.75, 3.05) is 18.1 Å². The van der Waals surface area contributed by atoms with Gasteiger partial charge in [-0.3, -0.25) is 0 Å². The molecule has 0 amide bonds. The van der Waals surface area contributed by atoms with Crippen LogP contribution in [0.1, 0.15) is 47.0 Å². The Hall–Kier alpha value is 0.310. The Kier molecular flexibility index (Phi) is 7.87. The smallest absolute Gasteiger partial charge is 0.0125 e. The Morgan fingerprint density at radius 1 is 1.23 bits per heavy atom. The van der Waals surface area contributed by atoms with E-state index < -0.39 is 0 Å². The van der Waals surface area contributed by atoms with Crippen LogP contribution >= 0.6 is 11.8 Å². The molecule has 0 unspecified atom stereocenters. The van der Waals surface area contributed by atoms with Crippen LogP contribution in [0, 0.1) is 0 Å². The molecule has 0 aromatic carbocycles. The summed E-state index contributed by atoms with van der Waals surface area (Å²) in [6, 6.07) is 0. The van der Waals surface area contributed by atoms with Crippen LogP contribution in [-0.2, 0) is 0 Å². The zero-order valence-corrected chi connectivity index (χ0v) is 10.5. The topological polar surface area (TPSA) is 12.0 Å². The second kappa shape index (κ2) is 7.69. The van der Waals surface area contributed by atoms with Crippen molar-refractivity contribution in [2.45, 2.75) is 52.5 Å².